The van der Waals surface area contributed by atoms with E-state index in [4.69, 9.17) is 37.1 Å². The van der Waals surface area contributed by atoms with Crippen molar-refractivity contribution in [2.45, 2.75) is 12.3 Å². The van der Waals surface area contributed by atoms with Crippen molar-refractivity contribution in [3.05, 3.63) is 46.4 Å². The lowest BCUT2D eigenvalue weighted by Gasteiger charge is -2.21. The van der Waals surface area contributed by atoms with Gasteiger partial charge in [0.2, 0.25) is 0 Å². The van der Waals surface area contributed by atoms with Gasteiger partial charge in [-0.15, -0.1) is 11.6 Å². The van der Waals surface area contributed by atoms with Crippen LogP contribution in [0.5, 0.6) is 11.5 Å². The van der Waals surface area contributed by atoms with Crippen LogP contribution in [-0.4, -0.2) is 13.2 Å². The summed E-state index contributed by atoms with van der Waals surface area (Å²) in [6, 6.07) is 5.47. The van der Waals surface area contributed by atoms with Crippen LogP contribution in [0.2, 0.25) is 5.02 Å². The van der Waals surface area contributed by atoms with Gasteiger partial charge in [-0.3, -0.25) is 0 Å². The first kappa shape index (κ1) is 12.7. The quantitative estimate of drug-likeness (QED) is 0.773. The van der Waals surface area contributed by atoms with E-state index in [-0.39, 0.29) is 5.38 Å². The van der Waals surface area contributed by atoms with Crippen LogP contribution in [0, 0.1) is 6.92 Å². The molecule has 0 fully saturated rings. The van der Waals surface area contributed by atoms with Crippen LogP contribution in [0.15, 0.2) is 28.9 Å². The van der Waals surface area contributed by atoms with E-state index in [0.717, 1.165) is 16.9 Å². The highest BCUT2D eigenvalue weighted by Crippen LogP contribution is 2.41. The van der Waals surface area contributed by atoms with E-state index in [1.54, 1.807) is 12.3 Å². The minimum atomic E-state index is -0.374. The SMILES string of the molecule is Cc1cc(C(Cl)c2cc3c(cc2Cl)OCCO3)co1. The molecule has 2 aromatic rings. The molecule has 100 valence electrons. The average molecular weight is 299 g/mol. The van der Waals surface area contributed by atoms with Crippen LogP contribution in [0.3, 0.4) is 0 Å². The Morgan fingerprint density at radius 3 is 2.42 bits per heavy atom. The summed E-state index contributed by atoms with van der Waals surface area (Å²) >= 11 is 12.7. The second-order valence-corrected chi connectivity index (χ2v) is 5.21. The van der Waals surface area contributed by atoms with E-state index in [9.17, 15) is 0 Å². The molecule has 3 nitrogen and oxygen atoms in total. The van der Waals surface area contributed by atoms with Gasteiger partial charge in [-0.05, 0) is 24.6 Å². The second-order valence-electron chi connectivity index (χ2n) is 4.37. The summed E-state index contributed by atoms with van der Waals surface area (Å²) in [6.45, 7) is 2.94. The molecule has 0 bridgehead atoms. The number of halogens is 2. The predicted octanol–water partition coefficient (Wildman–Crippen LogP) is 4.34. The van der Waals surface area contributed by atoms with Gasteiger partial charge in [0, 0.05) is 16.7 Å². The Morgan fingerprint density at radius 2 is 1.79 bits per heavy atom. The van der Waals surface area contributed by atoms with E-state index < -0.39 is 0 Å². The third kappa shape index (κ3) is 2.40. The molecule has 1 aliphatic rings. The molecule has 0 radical (unpaired) electrons. The first-order valence-electron chi connectivity index (χ1n) is 5.93. The topological polar surface area (TPSA) is 31.6 Å². The summed E-state index contributed by atoms with van der Waals surface area (Å²) in [5.41, 5.74) is 1.66. The zero-order valence-corrected chi connectivity index (χ0v) is 11.8. The summed E-state index contributed by atoms with van der Waals surface area (Å²) in [6.07, 6.45) is 1.64. The molecular weight excluding hydrogens is 287 g/mol. The average Bonchev–Trinajstić information content (AvgIpc) is 2.84. The Kier molecular flexibility index (Phi) is 3.33. The molecule has 3 rings (SSSR count). The van der Waals surface area contributed by atoms with E-state index in [0.29, 0.717) is 29.7 Å². The summed E-state index contributed by atoms with van der Waals surface area (Å²) < 4.78 is 16.3. The van der Waals surface area contributed by atoms with Gasteiger partial charge < -0.3 is 13.9 Å². The fourth-order valence-electron chi connectivity index (χ4n) is 2.05. The van der Waals surface area contributed by atoms with Gasteiger partial charge in [-0.25, -0.2) is 0 Å². The molecule has 0 N–H and O–H groups in total. The minimum absolute atomic E-state index is 0.374. The van der Waals surface area contributed by atoms with E-state index in [1.807, 2.05) is 19.1 Å². The molecule has 0 saturated heterocycles. The van der Waals surface area contributed by atoms with Crippen molar-refractivity contribution in [3.63, 3.8) is 0 Å². The largest absolute Gasteiger partial charge is 0.486 e. The molecular formula is C14H12Cl2O3. The highest BCUT2D eigenvalue weighted by atomic mass is 35.5. The monoisotopic (exact) mass is 298 g/mol. The number of alkyl halides is 1. The fraction of sp³-hybridized carbons (Fsp3) is 0.286. The lowest BCUT2D eigenvalue weighted by Crippen LogP contribution is -2.15. The van der Waals surface area contributed by atoms with Crippen molar-refractivity contribution in [1.29, 1.82) is 0 Å². The first-order valence-corrected chi connectivity index (χ1v) is 6.75. The van der Waals surface area contributed by atoms with Crippen molar-refractivity contribution in [2.24, 2.45) is 0 Å². The first-order chi connectivity index (χ1) is 9.15. The van der Waals surface area contributed by atoms with Crippen LogP contribution >= 0.6 is 23.2 Å². The normalized spacial score (nSPS) is 15.3. The number of fused-ring (bicyclic) bond motifs is 1. The molecule has 5 heteroatoms. The predicted molar refractivity (Wildman–Crippen MR) is 73.6 cm³/mol. The van der Waals surface area contributed by atoms with Crippen LogP contribution in [0.1, 0.15) is 22.3 Å². The molecule has 1 aromatic carbocycles. The van der Waals surface area contributed by atoms with Gasteiger partial charge >= 0.3 is 0 Å². The molecule has 19 heavy (non-hydrogen) atoms. The summed E-state index contributed by atoms with van der Waals surface area (Å²) in [4.78, 5) is 0. The molecule has 0 amide bonds. The lowest BCUT2D eigenvalue weighted by atomic mass is 10.1. The van der Waals surface area contributed by atoms with Gasteiger partial charge in [-0.2, -0.15) is 0 Å². The lowest BCUT2D eigenvalue weighted by molar-refractivity contribution is 0.171. The van der Waals surface area contributed by atoms with Crippen LogP contribution in [0.25, 0.3) is 0 Å². The van der Waals surface area contributed by atoms with Crippen molar-refractivity contribution >= 4 is 23.2 Å². The minimum Gasteiger partial charge on any atom is -0.486 e. The molecule has 1 aromatic heterocycles. The molecule has 1 atom stereocenters. The van der Waals surface area contributed by atoms with Crippen LogP contribution in [0.4, 0.5) is 0 Å². The maximum Gasteiger partial charge on any atom is 0.162 e. The summed E-state index contributed by atoms with van der Waals surface area (Å²) in [5.74, 6) is 2.15. The van der Waals surface area contributed by atoms with Gasteiger partial charge in [0.05, 0.1) is 11.6 Å². The van der Waals surface area contributed by atoms with Crippen LogP contribution < -0.4 is 9.47 Å². The molecule has 0 aliphatic carbocycles. The van der Waals surface area contributed by atoms with Crippen molar-refractivity contribution in [1.82, 2.24) is 0 Å². The summed E-state index contributed by atoms with van der Waals surface area (Å²) in [5, 5.41) is 0.184. The highest BCUT2D eigenvalue weighted by Gasteiger charge is 2.21. The Bertz CT molecular complexity index is 607. The van der Waals surface area contributed by atoms with Gasteiger partial charge in [0.15, 0.2) is 11.5 Å². The van der Waals surface area contributed by atoms with Gasteiger partial charge in [0.25, 0.3) is 0 Å². The molecule has 0 spiro atoms. The Morgan fingerprint density at radius 1 is 1.11 bits per heavy atom. The number of hydrogen-bond donors (Lipinski definition) is 0. The van der Waals surface area contributed by atoms with E-state index in [1.165, 1.54) is 0 Å². The fourth-order valence-corrected chi connectivity index (χ4v) is 2.66. The third-order valence-corrected chi connectivity index (χ3v) is 3.79. The number of benzene rings is 1. The molecule has 1 unspecified atom stereocenters. The molecule has 2 heterocycles. The Hall–Kier alpha value is -1.32. The van der Waals surface area contributed by atoms with Crippen LogP contribution in [-0.2, 0) is 0 Å². The summed E-state index contributed by atoms with van der Waals surface area (Å²) in [7, 11) is 0. The second kappa shape index (κ2) is 4.99. The number of rotatable bonds is 2. The number of aryl methyl sites for hydroxylation is 1. The Labute approximate surface area is 121 Å². The zero-order chi connectivity index (χ0) is 13.4. The van der Waals surface area contributed by atoms with Gasteiger partial charge in [0.1, 0.15) is 19.0 Å². The number of furan rings is 1. The highest BCUT2D eigenvalue weighted by molar-refractivity contribution is 6.33. The standard InChI is InChI=1S/C14H12Cl2O3/c1-8-4-9(7-19-8)14(16)10-5-12-13(6-11(10)15)18-3-2-17-12/h4-7,14H,2-3H2,1H3. The number of hydrogen-bond acceptors (Lipinski definition) is 3. The van der Waals surface area contributed by atoms with Crippen molar-refractivity contribution < 1.29 is 13.9 Å². The molecule has 0 saturated carbocycles. The maximum atomic E-state index is 6.45. The Balaban J connectivity index is 2.00. The van der Waals surface area contributed by atoms with Gasteiger partial charge in [-0.1, -0.05) is 11.6 Å². The van der Waals surface area contributed by atoms with Crippen molar-refractivity contribution in [2.75, 3.05) is 13.2 Å². The van der Waals surface area contributed by atoms with E-state index >= 15 is 0 Å². The molecule has 1 aliphatic heterocycles. The maximum absolute atomic E-state index is 6.45. The zero-order valence-electron chi connectivity index (χ0n) is 10.3. The third-order valence-electron chi connectivity index (χ3n) is 2.98. The van der Waals surface area contributed by atoms with E-state index in [2.05, 4.69) is 0 Å². The van der Waals surface area contributed by atoms with Crippen molar-refractivity contribution in [3.8, 4) is 11.5 Å². The smallest absolute Gasteiger partial charge is 0.162 e. The number of ether oxygens (including phenoxy) is 2.